The fourth-order valence-electron chi connectivity index (χ4n) is 0.301. The van der Waals surface area contributed by atoms with E-state index in [2.05, 4.69) is 6.92 Å². The van der Waals surface area contributed by atoms with E-state index in [9.17, 15) is 0 Å². The van der Waals surface area contributed by atoms with Crippen molar-refractivity contribution >= 4 is 11.6 Å². The number of halogens is 1. The van der Waals surface area contributed by atoms with Crippen LogP contribution >= 0.6 is 11.6 Å². The first-order valence-electron chi connectivity index (χ1n) is 2.24. The first kappa shape index (κ1) is 7.25. The largest absolute Gasteiger partial charge is 0.360 e. The molecule has 0 saturated heterocycles. The van der Waals surface area contributed by atoms with Gasteiger partial charge in [-0.25, -0.2) is 0 Å². The lowest BCUT2D eigenvalue weighted by molar-refractivity contribution is 0.0754. The maximum Gasteiger partial charge on any atom is 0.139 e. The Morgan fingerprint density at radius 1 is 1.86 bits per heavy atom. The molecule has 0 aliphatic carbocycles. The average Bonchev–Trinajstić information content (AvgIpc) is 1.30. The van der Waals surface area contributed by atoms with Gasteiger partial charge in [-0.3, -0.25) is 0 Å². The van der Waals surface area contributed by atoms with E-state index < -0.39 is 5.06 Å². The van der Waals surface area contributed by atoms with Crippen LogP contribution in [0, 0.1) is 6.92 Å². The molecule has 0 fully saturated rings. The molecule has 43 valence electrons. The maximum atomic E-state index is 5.50. The summed E-state index contributed by atoms with van der Waals surface area (Å²) in [5, 5.41) is -0.727. The Kier molecular flexibility index (Phi) is 2.62. The van der Waals surface area contributed by atoms with Crippen molar-refractivity contribution < 1.29 is 4.74 Å². The number of alkyl halides is 1. The van der Waals surface area contributed by atoms with Crippen molar-refractivity contribution in [1.82, 2.24) is 0 Å². The Hall–Kier alpha value is 0.250. The van der Waals surface area contributed by atoms with Gasteiger partial charge < -0.3 is 4.74 Å². The zero-order valence-electron chi connectivity index (χ0n) is 4.70. The molecule has 1 nitrogen and oxygen atoms in total. The summed E-state index contributed by atoms with van der Waals surface area (Å²) >= 11 is 5.50. The molecule has 1 unspecified atom stereocenters. The van der Waals surface area contributed by atoms with E-state index in [0.29, 0.717) is 6.61 Å². The molecule has 0 heterocycles. The molecule has 0 aromatic rings. The summed E-state index contributed by atoms with van der Waals surface area (Å²) in [6.45, 7) is 7.71. The first-order valence-corrected chi connectivity index (χ1v) is 2.62. The van der Waals surface area contributed by atoms with Crippen LogP contribution < -0.4 is 0 Å². The highest BCUT2D eigenvalue weighted by molar-refractivity contribution is 6.23. The number of hydrogen-bond donors (Lipinski definition) is 0. The molecule has 0 rings (SSSR count). The van der Waals surface area contributed by atoms with E-state index in [1.807, 2.05) is 6.92 Å². The number of hydrogen-bond acceptors (Lipinski definition) is 1. The van der Waals surface area contributed by atoms with Crippen LogP contribution in [0.15, 0.2) is 0 Å². The normalized spacial score (nSPS) is 12.0. The summed E-state index contributed by atoms with van der Waals surface area (Å²) in [6.07, 6.45) is 0. The Morgan fingerprint density at radius 2 is 2.29 bits per heavy atom. The highest BCUT2D eigenvalue weighted by Crippen LogP contribution is 2.12. The molecule has 0 N–H and O–H groups in total. The van der Waals surface area contributed by atoms with Crippen molar-refractivity contribution in [2.24, 2.45) is 0 Å². The molecular formula is C5H10ClO. The number of rotatable bonds is 2. The molecule has 7 heavy (non-hydrogen) atoms. The summed E-state index contributed by atoms with van der Waals surface area (Å²) in [5.41, 5.74) is 0. The van der Waals surface area contributed by atoms with Gasteiger partial charge in [0.2, 0.25) is 0 Å². The van der Waals surface area contributed by atoms with E-state index in [1.54, 1.807) is 6.92 Å². The second-order valence-electron chi connectivity index (χ2n) is 1.53. The van der Waals surface area contributed by atoms with Crippen molar-refractivity contribution in [1.29, 1.82) is 0 Å². The van der Waals surface area contributed by atoms with Crippen LogP contribution in [0.1, 0.15) is 13.8 Å². The van der Waals surface area contributed by atoms with Gasteiger partial charge in [-0.1, -0.05) is 11.6 Å². The van der Waals surface area contributed by atoms with Crippen LogP contribution in [0.4, 0.5) is 0 Å². The Labute approximate surface area is 49.6 Å². The van der Waals surface area contributed by atoms with Gasteiger partial charge in [0, 0.05) is 6.61 Å². The third kappa shape index (κ3) is 6.25. The van der Waals surface area contributed by atoms with Gasteiger partial charge in [0.05, 0.1) is 0 Å². The lowest BCUT2D eigenvalue weighted by Crippen LogP contribution is -2.15. The summed E-state index contributed by atoms with van der Waals surface area (Å²) in [7, 11) is 0. The fourth-order valence-corrected chi connectivity index (χ4v) is 0.410. The van der Waals surface area contributed by atoms with Crippen molar-refractivity contribution in [2.75, 3.05) is 6.61 Å². The van der Waals surface area contributed by atoms with Crippen LogP contribution in [-0.2, 0) is 4.74 Å². The molecule has 0 saturated carbocycles. The van der Waals surface area contributed by atoms with Crippen molar-refractivity contribution in [2.45, 2.75) is 18.9 Å². The highest BCUT2D eigenvalue weighted by atomic mass is 35.5. The molecule has 0 bridgehead atoms. The topological polar surface area (TPSA) is 9.23 Å². The average molecular weight is 122 g/mol. The molecule has 0 aliphatic rings. The summed E-state index contributed by atoms with van der Waals surface area (Å²) in [6, 6.07) is 0. The molecule has 0 aromatic heterocycles. The second-order valence-corrected chi connectivity index (χ2v) is 2.33. The first-order chi connectivity index (χ1) is 3.06. The second kappa shape index (κ2) is 2.53. The third-order valence-electron chi connectivity index (χ3n) is 0.445. The summed E-state index contributed by atoms with van der Waals surface area (Å²) < 4.78 is 4.88. The standard InChI is InChI=1S/C5H10ClO/c1-4-7-5(2,3)6/h2,4H2,1,3H3. The molecular weight excluding hydrogens is 112 g/mol. The van der Waals surface area contributed by atoms with Gasteiger partial charge in [-0.05, 0) is 20.8 Å². The van der Waals surface area contributed by atoms with Crippen molar-refractivity contribution in [3.63, 3.8) is 0 Å². The van der Waals surface area contributed by atoms with Crippen LogP contribution in [0.3, 0.4) is 0 Å². The van der Waals surface area contributed by atoms with Gasteiger partial charge in [0.15, 0.2) is 0 Å². The Balaban J connectivity index is 3.15. The minimum atomic E-state index is -0.727. The Bertz CT molecular complexity index is 46.5. The molecule has 1 radical (unpaired) electrons. The van der Waals surface area contributed by atoms with Gasteiger partial charge in [-0.2, -0.15) is 0 Å². The van der Waals surface area contributed by atoms with Gasteiger partial charge in [-0.15, -0.1) is 0 Å². The predicted octanol–water partition coefficient (Wildman–Crippen LogP) is 1.81. The van der Waals surface area contributed by atoms with Crippen LogP contribution in [0.5, 0.6) is 0 Å². The lowest BCUT2D eigenvalue weighted by atomic mass is 10.5. The Morgan fingerprint density at radius 3 is 2.29 bits per heavy atom. The van der Waals surface area contributed by atoms with Crippen LogP contribution in [-0.4, -0.2) is 11.7 Å². The lowest BCUT2D eigenvalue weighted by Gasteiger charge is -2.13. The third-order valence-corrected chi connectivity index (χ3v) is 0.554. The zero-order chi connectivity index (χ0) is 5.91. The van der Waals surface area contributed by atoms with Gasteiger partial charge in [0.25, 0.3) is 0 Å². The van der Waals surface area contributed by atoms with E-state index >= 15 is 0 Å². The molecule has 1 atom stereocenters. The van der Waals surface area contributed by atoms with E-state index in [0.717, 1.165) is 0 Å². The molecule has 0 spiro atoms. The van der Waals surface area contributed by atoms with E-state index in [-0.39, 0.29) is 0 Å². The minimum Gasteiger partial charge on any atom is -0.360 e. The van der Waals surface area contributed by atoms with E-state index in [4.69, 9.17) is 16.3 Å². The predicted molar refractivity (Wildman–Crippen MR) is 31.2 cm³/mol. The smallest absolute Gasteiger partial charge is 0.139 e. The SMILES string of the molecule is [CH2]C(C)(Cl)OCC. The van der Waals surface area contributed by atoms with Crippen LogP contribution in [0.2, 0.25) is 0 Å². The fraction of sp³-hybridized carbons (Fsp3) is 0.800. The quantitative estimate of drug-likeness (QED) is 0.507. The van der Waals surface area contributed by atoms with Crippen molar-refractivity contribution in [3.8, 4) is 0 Å². The number of ether oxygens (including phenoxy) is 1. The summed E-state index contributed by atoms with van der Waals surface area (Å²) in [5.74, 6) is 0. The van der Waals surface area contributed by atoms with E-state index in [1.165, 1.54) is 0 Å². The molecule has 2 heteroatoms. The summed E-state index contributed by atoms with van der Waals surface area (Å²) in [4.78, 5) is 0. The maximum absolute atomic E-state index is 5.50. The van der Waals surface area contributed by atoms with Crippen molar-refractivity contribution in [3.05, 3.63) is 6.92 Å². The van der Waals surface area contributed by atoms with Gasteiger partial charge >= 0.3 is 0 Å². The molecule has 0 amide bonds. The highest BCUT2D eigenvalue weighted by Gasteiger charge is 2.10. The monoisotopic (exact) mass is 121 g/mol. The molecule has 0 aromatic carbocycles. The van der Waals surface area contributed by atoms with Crippen LogP contribution in [0.25, 0.3) is 0 Å². The zero-order valence-corrected chi connectivity index (χ0v) is 5.46. The van der Waals surface area contributed by atoms with Gasteiger partial charge in [0.1, 0.15) is 5.06 Å². The minimum absolute atomic E-state index is 0.615. The molecule has 0 aliphatic heterocycles.